The van der Waals surface area contributed by atoms with Crippen LogP contribution in [-0.4, -0.2) is 17.4 Å². The Morgan fingerprint density at radius 3 is 2.74 bits per heavy atom. The Morgan fingerprint density at radius 2 is 2.11 bits per heavy atom. The number of nitrogens with one attached hydrogen (secondary N) is 1. The van der Waals surface area contributed by atoms with Gasteiger partial charge in [0.2, 0.25) is 5.91 Å². The molecule has 1 aromatic heterocycles. The van der Waals surface area contributed by atoms with Crippen LogP contribution in [0, 0.1) is 12.7 Å². The Balaban J connectivity index is 1.74. The molecule has 0 fully saturated rings. The smallest absolute Gasteiger partial charge is 0.224 e. The lowest BCUT2D eigenvalue weighted by Gasteiger charge is -2.04. The predicted molar refractivity (Wildman–Crippen MR) is 68.1 cm³/mol. The largest absolute Gasteiger partial charge is 0.449 e. The van der Waals surface area contributed by atoms with E-state index >= 15 is 0 Å². The average Bonchev–Trinajstić information content (AvgIpc) is 2.78. The highest BCUT2D eigenvalue weighted by Crippen LogP contribution is 2.04. The van der Waals surface area contributed by atoms with Crippen LogP contribution in [0.2, 0.25) is 0 Å². The fraction of sp³-hybridized carbons (Fsp3) is 0.286. The van der Waals surface area contributed by atoms with Crippen LogP contribution in [0.25, 0.3) is 0 Å². The van der Waals surface area contributed by atoms with Crippen LogP contribution in [0.3, 0.4) is 0 Å². The zero-order valence-corrected chi connectivity index (χ0v) is 10.6. The number of aryl methyl sites for hydroxylation is 1. The van der Waals surface area contributed by atoms with E-state index in [1.54, 1.807) is 25.3 Å². The van der Waals surface area contributed by atoms with Crippen LogP contribution in [-0.2, 0) is 17.6 Å². The van der Waals surface area contributed by atoms with E-state index in [1.807, 2.05) is 0 Å². The number of halogens is 1. The van der Waals surface area contributed by atoms with Crippen molar-refractivity contribution in [1.29, 1.82) is 0 Å². The Kier molecular flexibility index (Phi) is 4.28. The molecule has 0 bridgehead atoms. The van der Waals surface area contributed by atoms with Crippen molar-refractivity contribution in [2.45, 2.75) is 19.8 Å². The van der Waals surface area contributed by atoms with Crippen molar-refractivity contribution >= 4 is 5.91 Å². The number of carbonyl (C=O) groups excluding carboxylic acids is 1. The van der Waals surface area contributed by atoms with Crippen LogP contribution in [0.15, 0.2) is 34.9 Å². The Bertz CT molecular complexity index is 549. The van der Waals surface area contributed by atoms with E-state index < -0.39 is 0 Å². The van der Waals surface area contributed by atoms with Gasteiger partial charge in [-0.15, -0.1) is 0 Å². The summed E-state index contributed by atoms with van der Waals surface area (Å²) in [5.41, 5.74) is 1.61. The van der Waals surface area contributed by atoms with Gasteiger partial charge in [0.25, 0.3) is 0 Å². The summed E-state index contributed by atoms with van der Waals surface area (Å²) < 4.78 is 17.8. The minimum atomic E-state index is -0.300. The molecule has 5 heteroatoms. The van der Waals surface area contributed by atoms with Crippen LogP contribution < -0.4 is 5.32 Å². The molecule has 1 amide bonds. The van der Waals surface area contributed by atoms with Crippen LogP contribution >= 0.6 is 0 Å². The van der Waals surface area contributed by atoms with E-state index in [0.29, 0.717) is 18.9 Å². The lowest BCUT2D eigenvalue weighted by atomic mass is 10.1. The normalized spacial score (nSPS) is 10.4. The highest BCUT2D eigenvalue weighted by molar-refractivity contribution is 5.78. The van der Waals surface area contributed by atoms with Crippen molar-refractivity contribution in [2.75, 3.05) is 6.54 Å². The zero-order chi connectivity index (χ0) is 13.7. The van der Waals surface area contributed by atoms with E-state index in [9.17, 15) is 9.18 Å². The second-order valence-corrected chi connectivity index (χ2v) is 4.26. The van der Waals surface area contributed by atoms with Crippen LogP contribution in [0.1, 0.15) is 17.1 Å². The molecule has 1 N–H and O–H groups in total. The summed E-state index contributed by atoms with van der Waals surface area (Å²) in [6, 6.07) is 5.91. The predicted octanol–water partition coefficient (Wildman–Crippen LogP) is 2.02. The van der Waals surface area contributed by atoms with E-state index in [1.165, 1.54) is 12.1 Å². The van der Waals surface area contributed by atoms with Crippen LogP contribution in [0.5, 0.6) is 0 Å². The van der Waals surface area contributed by atoms with E-state index in [4.69, 9.17) is 4.42 Å². The first kappa shape index (κ1) is 13.3. The van der Waals surface area contributed by atoms with Crippen molar-refractivity contribution in [2.24, 2.45) is 0 Å². The van der Waals surface area contributed by atoms with Gasteiger partial charge in [-0.3, -0.25) is 4.79 Å². The number of oxazole rings is 1. The Hall–Kier alpha value is -2.17. The summed E-state index contributed by atoms with van der Waals surface area (Å²) in [5, 5.41) is 2.79. The zero-order valence-electron chi connectivity index (χ0n) is 10.6. The third kappa shape index (κ3) is 4.21. The van der Waals surface area contributed by atoms with Crippen molar-refractivity contribution in [3.63, 3.8) is 0 Å². The molecule has 1 heterocycles. The molecule has 2 aromatic rings. The molecule has 0 spiro atoms. The molecule has 2 rings (SSSR count). The van der Waals surface area contributed by atoms with Crippen molar-refractivity contribution in [3.05, 3.63) is 53.5 Å². The number of amides is 1. The van der Waals surface area contributed by atoms with E-state index in [-0.39, 0.29) is 18.1 Å². The number of hydrogen-bond acceptors (Lipinski definition) is 3. The Morgan fingerprint density at radius 1 is 1.37 bits per heavy atom. The minimum absolute atomic E-state index is 0.0909. The number of rotatable bonds is 5. The minimum Gasteiger partial charge on any atom is -0.449 e. The fourth-order valence-corrected chi connectivity index (χ4v) is 1.70. The Labute approximate surface area is 110 Å². The van der Waals surface area contributed by atoms with Gasteiger partial charge in [0, 0.05) is 19.9 Å². The summed E-state index contributed by atoms with van der Waals surface area (Å²) in [5.74, 6) is 0.227. The summed E-state index contributed by atoms with van der Waals surface area (Å²) in [4.78, 5) is 15.8. The lowest BCUT2D eigenvalue weighted by molar-refractivity contribution is -0.120. The number of carbonyl (C=O) groups is 1. The van der Waals surface area contributed by atoms with Gasteiger partial charge in [-0.25, -0.2) is 9.37 Å². The second kappa shape index (κ2) is 6.13. The fourth-order valence-electron chi connectivity index (χ4n) is 1.70. The standard InChI is InChI=1S/C14H15FN2O2/c1-10-17-13(9-19-10)6-7-16-14(18)8-11-2-4-12(15)5-3-11/h2-5,9H,6-8H2,1H3,(H,16,18). The van der Waals surface area contributed by atoms with Gasteiger partial charge < -0.3 is 9.73 Å². The topological polar surface area (TPSA) is 55.1 Å². The maximum Gasteiger partial charge on any atom is 0.224 e. The van der Waals surface area contributed by atoms with Crippen LogP contribution in [0.4, 0.5) is 4.39 Å². The van der Waals surface area contributed by atoms with Crippen molar-refractivity contribution in [3.8, 4) is 0 Å². The maximum atomic E-state index is 12.7. The molecule has 0 atom stereocenters. The summed E-state index contributed by atoms with van der Waals surface area (Å²) in [7, 11) is 0. The maximum absolute atomic E-state index is 12.7. The second-order valence-electron chi connectivity index (χ2n) is 4.26. The van der Waals surface area contributed by atoms with Gasteiger partial charge in [-0.1, -0.05) is 12.1 Å². The van der Waals surface area contributed by atoms with Gasteiger partial charge in [0.15, 0.2) is 5.89 Å². The summed E-state index contributed by atoms with van der Waals surface area (Å²) in [6.45, 7) is 2.28. The van der Waals surface area contributed by atoms with Crippen molar-refractivity contribution in [1.82, 2.24) is 10.3 Å². The van der Waals surface area contributed by atoms with Gasteiger partial charge in [0.1, 0.15) is 12.1 Å². The SMILES string of the molecule is Cc1nc(CCNC(=O)Cc2ccc(F)cc2)co1. The van der Waals surface area contributed by atoms with Crippen molar-refractivity contribution < 1.29 is 13.6 Å². The van der Waals surface area contributed by atoms with Gasteiger partial charge >= 0.3 is 0 Å². The molecule has 0 aliphatic rings. The third-order valence-corrected chi connectivity index (χ3v) is 2.65. The first-order valence-electron chi connectivity index (χ1n) is 6.05. The quantitative estimate of drug-likeness (QED) is 0.897. The van der Waals surface area contributed by atoms with Gasteiger partial charge in [-0.05, 0) is 17.7 Å². The number of nitrogens with zero attached hydrogens (tertiary/aromatic N) is 1. The highest BCUT2D eigenvalue weighted by atomic mass is 19.1. The molecule has 100 valence electrons. The van der Waals surface area contributed by atoms with Gasteiger partial charge in [0.05, 0.1) is 12.1 Å². The first-order chi connectivity index (χ1) is 9.13. The molecule has 0 unspecified atom stereocenters. The third-order valence-electron chi connectivity index (χ3n) is 2.65. The number of hydrogen-bond donors (Lipinski definition) is 1. The molecule has 1 aromatic carbocycles. The van der Waals surface area contributed by atoms with E-state index in [0.717, 1.165) is 11.3 Å². The molecule has 0 radical (unpaired) electrons. The number of benzene rings is 1. The molecule has 0 saturated heterocycles. The van der Waals surface area contributed by atoms with Gasteiger partial charge in [-0.2, -0.15) is 0 Å². The summed E-state index contributed by atoms with van der Waals surface area (Å²) >= 11 is 0. The molecular formula is C14H15FN2O2. The van der Waals surface area contributed by atoms with E-state index in [2.05, 4.69) is 10.3 Å². The molecular weight excluding hydrogens is 247 g/mol. The molecule has 4 nitrogen and oxygen atoms in total. The summed E-state index contributed by atoms with van der Waals surface area (Å²) in [6.07, 6.45) is 2.46. The lowest BCUT2D eigenvalue weighted by Crippen LogP contribution is -2.27. The molecule has 19 heavy (non-hydrogen) atoms. The average molecular weight is 262 g/mol. The molecule has 0 aliphatic carbocycles. The number of aromatic nitrogens is 1. The highest BCUT2D eigenvalue weighted by Gasteiger charge is 2.04. The molecule has 0 saturated carbocycles. The molecule has 0 aliphatic heterocycles. The first-order valence-corrected chi connectivity index (χ1v) is 6.05. The monoisotopic (exact) mass is 262 g/mol.